The van der Waals surface area contributed by atoms with E-state index in [4.69, 9.17) is 0 Å². The van der Waals surface area contributed by atoms with Crippen LogP contribution in [0.2, 0.25) is 0 Å². The van der Waals surface area contributed by atoms with Gasteiger partial charge in [0.15, 0.2) is 5.65 Å². The van der Waals surface area contributed by atoms with E-state index in [1.165, 1.54) is 0 Å². The van der Waals surface area contributed by atoms with E-state index in [-0.39, 0.29) is 10.1 Å². The van der Waals surface area contributed by atoms with Crippen molar-refractivity contribution in [3.05, 3.63) is 32.8 Å². The Hall–Kier alpha value is -1.31. The molecule has 8 heteroatoms. The molecule has 0 unspecified atom stereocenters. The maximum atomic E-state index is 12.4. The van der Waals surface area contributed by atoms with Gasteiger partial charge in [-0.25, -0.2) is 14.3 Å². The second-order valence-corrected chi connectivity index (χ2v) is 3.64. The first-order chi connectivity index (χ1) is 6.89. The summed E-state index contributed by atoms with van der Waals surface area (Å²) >= 11 is 2.75. The van der Waals surface area contributed by atoms with Crippen molar-refractivity contribution in [3.63, 3.8) is 0 Å². The van der Waals surface area contributed by atoms with Crippen LogP contribution in [0.3, 0.4) is 0 Å². The van der Waals surface area contributed by atoms with Crippen molar-refractivity contribution < 1.29 is 13.2 Å². The molecule has 1 N–H and O–H groups in total. The van der Waals surface area contributed by atoms with E-state index in [0.29, 0.717) is 0 Å². The van der Waals surface area contributed by atoms with Crippen LogP contribution in [0.25, 0.3) is 5.65 Å². The molecular formula is C7H3BrF3N3O. The maximum absolute atomic E-state index is 12.4. The molecule has 15 heavy (non-hydrogen) atoms. The van der Waals surface area contributed by atoms with Gasteiger partial charge >= 0.3 is 11.9 Å². The number of nitrogens with one attached hydrogen (secondary N) is 1. The Balaban J connectivity index is 2.80. The van der Waals surface area contributed by atoms with E-state index < -0.39 is 17.4 Å². The third-order valence-electron chi connectivity index (χ3n) is 1.81. The number of pyridine rings is 1. The van der Waals surface area contributed by atoms with Crippen molar-refractivity contribution in [3.8, 4) is 0 Å². The quantitative estimate of drug-likeness (QED) is 0.801. The summed E-state index contributed by atoms with van der Waals surface area (Å²) in [5.74, 6) is 0. The number of rotatable bonds is 0. The molecule has 4 nitrogen and oxygen atoms in total. The summed E-state index contributed by atoms with van der Waals surface area (Å²) in [7, 11) is 0. The van der Waals surface area contributed by atoms with Gasteiger partial charge in [0.05, 0.1) is 5.56 Å². The summed E-state index contributed by atoms with van der Waals surface area (Å²) in [6.45, 7) is 0. The maximum Gasteiger partial charge on any atom is 0.417 e. The molecule has 0 aromatic carbocycles. The summed E-state index contributed by atoms with van der Waals surface area (Å²) in [6.07, 6.45) is -3.44. The molecule has 0 bridgehead atoms. The largest absolute Gasteiger partial charge is 0.417 e. The molecule has 0 amide bonds. The van der Waals surface area contributed by atoms with Crippen molar-refractivity contribution in [1.29, 1.82) is 0 Å². The van der Waals surface area contributed by atoms with Crippen molar-refractivity contribution in [1.82, 2.24) is 14.6 Å². The van der Waals surface area contributed by atoms with E-state index in [1.807, 2.05) is 0 Å². The Bertz CT molecular complexity index is 571. The lowest BCUT2D eigenvalue weighted by molar-refractivity contribution is -0.138. The van der Waals surface area contributed by atoms with Crippen LogP contribution in [0.4, 0.5) is 13.2 Å². The normalized spacial score (nSPS) is 12.3. The second-order valence-electron chi connectivity index (χ2n) is 2.79. The highest BCUT2D eigenvalue weighted by Crippen LogP contribution is 2.34. The Morgan fingerprint density at radius 2 is 2.13 bits per heavy atom. The van der Waals surface area contributed by atoms with Gasteiger partial charge in [-0.15, -0.1) is 0 Å². The van der Waals surface area contributed by atoms with E-state index in [1.54, 1.807) is 0 Å². The molecule has 0 aliphatic rings. The first-order valence-electron chi connectivity index (χ1n) is 3.73. The Kier molecular flexibility index (Phi) is 2.10. The lowest BCUT2D eigenvalue weighted by atomic mass is 10.2. The van der Waals surface area contributed by atoms with Gasteiger partial charge in [-0.05, 0) is 22.0 Å². The summed E-state index contributed by atoms with van der Waals surface area (Å²) in [5.41, 5.74) is -1.52. The van der Waals surface area contributed by atoms with Crippen molar-refractivity contribution in [2.75, 3.05) is 0 Å². The monoisotopic (exact) mass is 281 g/mol. The molecule has 0 radical (unpaired) electrons. The van der Waals surface area contributed by atoms with Crippen LogP contribution in [0.15, 0.2) is 21.5 Å². The molecule has 0 aliphatic heterocycles. The molecule has 0 saturated heterocycles. The van der Waals surface area contributed by atoms with Crippen LogP contribution in [0.1, 0.15) is 5.56 Å². The summed E-state index contributed by atoms with van der Waals surface area (Å²) < 4.78 is 38.1. The molecule has 2 heterocycles. The lowest BCUT2D eigenvalue weighted by Crippen LogP contribution is -2.12. The molecule has 2 rings (SSSR count). The van der Waals surface area contributed by atoms with E-state index >= 15 is 0 Å². The van der Waals surface area contributed by atoms with Gasteiger partial charge < -0.3 is 0 Å². The molecule has 2 aromatic heterocycles. The highest BCUT2D eigenvalue weighted by molar-refractivity contribution is 9.10. The average molecular weight is 282 g/mol. The summed E-state index contributed by atoms with van der Waals surface area (Å²) in [4.78, 5) is 11.0. The third-order valence-corrected chi connectivity index (χ3v) is 2.44. The van der Waals surface area contributed by atoms with Crippen LogP contribution in [-0.4, -0.2) is 14.6 Å². The predicted octanol–water partition coefficient (Wildman–Crippen LogP) is 1.80. The lowest BCUT2D eigenvalue weighted by Gasteiger charge is -2.08. The standard InChI is InChI=1S/C7H3BrF3N3O/c8-4-2-14-5(12-13-6(14)15)1-3(4)7(9,10)11/h1-2H,(H,13,15). The number of halogens is 4. The molecule has 0 atom stereocenters. The van der Waals surface area contributed by atoms with E-state index in [2.05, 4.69) is 26.1 Å². The first kappa shape index (κ1) is 10.2. The average Bonchev–Trinajstić information content (AvgIpc) is 2.45. The van der Waals surface area contributed by atoms with Gasteiger partial charge in [0.25, 0.3) is 0 Å². The molecule has 2 aromatic rings. The van der Waals surface area contributed by atoms with Gasteiger partial charge in [0.1, 0.15) is 0 Å². The van der Waals surface area contributed by atoms with Gasteiger partial charge in [0, 0.05) is 10.7 Å². The number of alkyl halides is 3. The number of aromatic amines is 1. The number of H-pyrrole nitrogens is 1. The highest BCUT2D eigenvalue weighted by Gasteiger charge is 2.33. The minimum atomic E-state index is -4.48. The number of hydrogen-bond donors (Lipinski definition) is 1. The number of hydrogen-bond acceptors (Lipinski definition) is 2. The molecular weight excluding hydrogens is 279 g/mol. The fourth-order valence-corrected chi connectivity index (χ4v) is 1.69. The smallest absolute Gasteiger partial charge is 0.249 e. The fourth-order valence-electron chi connectivity index (χ4n) is 1.14. The zero-order chi connectivity index (χ0) is 11.2. The molecule has 0 spiro atoms. The minimum Gasteiger partial charge on any atom is -0.249 e. The Morgan fingerprint density at radius 3 is 2.73 bits per heavy atom. The zero-order valence-corrected chi connectivity index (χ0v) is 8.56. The summed E-state index contributed by atoms with van der Waals surface area (Å²) in [6, 6.07) is 0.794. The number of fused-ring (bicyclic) bond motifs is 1. The van der Waals surface area contributed by atoms with Gasteiger partial charge in [-0.2, -0.15) is 18.3 Å². The van der Waals surface area contributed by atoms with Crippen LogP contribution in [0.5, 0.6) is 0 Å². The predicted molar refractivity (Wildman–Crippen MR) is 48.5 cm³/mol. The van der Waals surface area contributed by atoms with Crippen molar-refractivity contribution in [2.24, 2.45) is 0 Å². The fraction of sp³-hybridized carbons (Fsp3) is 0.143. The zero-order valence-electron chi connectivity index (χ0n) is 6.97. The topological polar surface area (TPSA) is 50.2 Å². The third kappa shape index (κ3) is 1.65. The molecule has 0 aliphatic carbocycles. The van der Waals surface area contributed by atoms with Crippen LogP contribution >= 0.6 is 15.9 Å². The SMILES string of the molecule is O=c1[nH]nc2cc(C(F)(F)F)c(Br)cn12. The Labute approximate surface area is 88.8 Å². The molecule has 80 valence electrons. The Morgan fingerprint density at radius 1 is 1.47 bits per heavy atom. The molecule has 0 fully saturated rings. The van der Waals surface area contributed by atoms with Gasteiger partial charge in [-0.1, -0.05) is 0 Å². The van der Waals surface area contributed by atoms with Gasteiger partial charge in [-0.3, -0.25) is 0 Å². The van der Waals surface area contributed by atoms with E-state index in [0.717, 1.165) is 16.7 Å². The minimum absolute atomic E-state index is 0.0736. The van der Waals surface area contributed by atoms with Crippen LogP contribution < -0.4 is 5.69 Å². The van der Waals surface area contributed by atoms with Crippen LogP contribution in [0, 0.1) is 0 Å². The van der Waals surface area contributed by atoms with Crippen LogP contribution in [-0.2, 0) is 6.18 Å². The highest BCUT2D eigenvalue weighted by atomic mass is 79.9. The van der Waals surface area contributed by atoms with E-state index in [9.17, 15) is 18.0 Å². The molecule has 0 saturated carbocycles. The number of nitrogens with zero attached hydrogens (tertiary/aromatic N) is 2. The van der Waals surface area contributed by atoms with Gasteiger partial charge in [0.2, 0.25) is 0 Å². The summed E-state index contributed by atoms with van der Waals surface area (Å²) in [5, 5.41) is 5.49. The number of aromatic nitrogens is 3. The second kappa shape index (κ2) is 3.09. The first-order valence-corrected chi connectivity index (χ1v) is 4.52. The van der Waals surface area contributed by atoms with Crippen molar-refractivity contribution >= 4 is 21.6 Å². The van der Waals surface area contributed by atoms with Crippen molar-refractivity contribution in [2.45, 2.75) is 6.18 Å².